The van der Waals surface area contributed by atoms with Gasteiger partial charge in [0.25, 0.3) is 0 Å². The van der Waals surface area contributed by atoms with Crippen LogP contribution in [-0.4, -0.2) is 29.0 Å². The number of nitrogens with zero attached hydrogens (tertiary/aromatic N) is 2. The van der Waals surface area contributed by atoms with Crippen LogP contribution >= 0.6 is 11.3 Å². The van der Waals surface area contributed by atoms with Crippen LogP contribution < -0.4 is 5.73 Å². The molecule has 1 fully saturated rings. The summed E-state index contributed by atoms with van der Waals surface area (Å²) in [7, 11) is 0. The quantitative estimate of drug-likeness (QED) is 0.895. The van der Waals surface area contributed by atoms with Gasteiger partial charge in [-0.1, -0.05) is 6.92 Å². The molecule has 1 aromatic heterocycles. The monoisotopic (exact) mass is 253 g/mol. The Morgan fingerprint density at radius 3 is 3.12 bits per heavy atom. The van der Waals surface area contributed by atoms with E-state index >= 15 is 0 Å². The summed E-state index contributed by atoms with van der Waals surface area (Å²) in [6.45, 7) is 7.63. The molecular formula is C13H23N3S. The third-order valence-electron chi connectivity index (χ3n) is 3.83. The number of rotatable bonds is 4. The molecule has 0 spiro atoms. The maximum atomic E-state index is 5.55. The van der Waals surface area contributed by atoms with Crippen molar-refractivity contribution in [2.45, 2.75) is 45.7 Å². The molecule has 2 unspecified atom stereocenters. The van der Waals surface area contributed by atoms with Crippen LogP contribution in [0.3, 0.4) is 0 Å². The lowest BCUT2D eigenvalue weighted by atomic mass is 9.92. The van der Waals surface area contributed by atoms with Gasteiger partial charge < -0.3 is 5.73 Å². The molecule has 0 saturated carbocycles. The van der Waals surface area contributed by atoms with Gasteiger partial charge in [0.2, 0.25) is 0 Å². The highest BCUT2D eigenvalue weighted by Crippen LogP contribution is 2.24. The average Bonchev–Trinajstić information content (AvgIpc) is 2.73. The summed E-state index contributed by atoms with van der Waals surface area (Å²) in [4.78, 5) is 7.22. The molecule has 2 N–H and O–H groups in total. The van der Waals surface area contributed by atoms with Crippen molar-refractivity contribution in [3.8, 4) is 0 Å². The van der Waals surface area contributed by atoms with Crippen molar-refractivity contribution in [3.63, 3.8) is 0 Å². The second-order valence-corrected chi connectivity index (χ2v) is 6.04. The Kier molecular flexibility index (Phi) is 4.54. The van der Waals surface area contributed by atoms with Gasteiger partial charge in [-0.3, -0.25) is 4.90 Å². The normalized spacial score (nSPS) is 26.3. The molecule has 17 heavy (non-hydrogen) atoms. The Morgan fingerprint density at radius 1 is 1.53 bits per heavy atom. The molecular weight excluding hydrogens is 230 g/mol. The molecule has 1 aromatic rings. The number of aromatic nitrogens is 1. The van der Waals surface area contributed by atoms with Crippen molar-refractivity contribution in [1.29, 1.82) is 0 Å². The topological polar surface area (TPSA) is 42.1 Å². The molecule has 96 valence electrons. The Balaban J connectivity index is 1.94. The number of thiazole rings is 1. The third-order valence-corrected chi connectivity index (χ3v) is 4.78. The Bertz CT molecular complexity index is 350. The van der Waals surface area contributed by atoms with Crippen molar-refractivity contribution in [2.24, 2.45) is 11.7 Å². The van der Waals surface area contributed by atoms with Crippen molar-refractivity contribution in [3.05, 3.63) is 16.1 Å². The van der Waals surface area contributed by atoms with Gasteiger partial charge in [0.15, 0.2) is 0 Å². The van der Waals surface area contributed by atoms with Gasteiger partial charge >= 0.3 is 0 Å². The smallest absolute Gasteiger partial charge is 0.0941 e. The average molecular weight is 253 g/mol. The number of hydrogen-bond acceptors (Lipinski definition) is 4. The van der Waals surface area contributed by atoms with E-state index in [1.165, 1.54) is 30.1 Å². The summed E-state index contributed by atoms with van der Waals surface area (Å²) in [6, 6.07) is 0.684. The van der Waals surface area contributed by atoms with Crippen LogP contribution in [0.1, 0.15) is 37.4 Å². The van der Waals surface area contributed by atoms with E-state index in [0.29, 0.717) is 12.6 Å². The maximum Gasteiger partial charge on any atom is 0.0941 e. The van der Waals surface area contributed by atoms with Crippen molar-refractivity contribution < 1.29 is 0 Å². The van der Waals surface area contributed by atoms with Crippen LogP contribution in [-0.2, 0) is 13.0 Å². The van der Waals surface area contributed by atoms with Gasteiger partial charge in [0.05, 0.1) is 10.7 Å². The van der Waals surface area contributed by atoms with Crippen LogP contribution in [0.5, 0.6) is 0 Å². The van der Waals surface area contributed by atoms with E-state index in [9.17, 15) is 0 Å². The van der Waals surface area contributed by atoms with E-state index < -0.39 is 0 Å². The molecule has 0 bridgehead atoms. The van der Waals surface area contributed by atoms with Gasteiger partial charge in [0.1, 0.15) is 0 Å². The molecule has 0 radical (unpaired) electrons. The molecule has 0 amide bonds. The van der Waals surface area contributed by atoms with Crippen molar-refractivity contribution in [1.82, 2.24) is 9.88 Å². The summed E-state index contributed by atoms with van der Waals surface area (Å²) >= 11 is 1.75. The van der Waals surface area contributed by atoms with E-state index in [0.717, 1.165) is 18.9 Å². The van der Waals surface area contributed by atoms with Crippen LogP contribution in [0.25, 0.3) is 0 Å². The van der Waals surface area contributed by atoms with E-state index in [-0.39, 0.29) is 0 Å². The van der Waals surface area contributed by atoms with Gasteiger partial charge in [-0.15, -0.1) is 11.3 Å². The first-order chi connectivity index (χ1) is 8.20. The van der Waals surface area contributed by atoms with Crippen LogP contribution in [0.4, 0.5) is 0 Å². The molecule has 2 atom stereocenters. The highest BCUT2D eigenvalue weighted by Gasteiger charge is 2.24. The second-order valence-electron chi connectivity index (χ2n) is 5.10. The minimum atomic E-state index is 0.684. The zero-order chi connectivity index (χ0) is 12.3. The highest BCUT2D eigenvalue weighted by molar-refractivity contribution is 7.09. The van der Waals surface area contributed by atoms with E-state index in [1.54, 1.807) is 11.3 Å². The molecule has 1 aliphatic rings. The van der Waals surface area contributed by atoms with Crippen LogP contribution in [0, 0.1) is 5.92 Å². The highest BCUT2D eigenvalue weighted by atomic mass is 32.1. The first kappa shape index (κ1) is 13.0. The fraction of sp³-hybridized carbons (Fsp3) is 0.769. The van der Waals surface area contributed by atoms with Gasteiger partial charge in [-0.2, -0.15) is 0 Å². The predicted molar refractivity (Wildman–Crippen MR) is 73.1 cm³/mol. The molecule has 2 rings (SSSR count). The van der Waals surface area contributed by atoms with Crippen molar-refractivity contribution in [2.75, 3.05) is 13.1 Å². The molecule has 1 saturated heterocycles. The maximum absolute atomic E-state index is 5.55. The first-order valence-corrected chi connectivity index (χ1v) is 7.46. The van der Waals surface area contributed by atoms with Gasteiger partial charge in [-0.25, -0.2) is 4.98 Å². The number of piperidine rings is 1. The van der Waals surface area contributed by atoms with E-state index in [1.807, 2.05) is 0 Å². The standard InChI is InChI=1S/C13H23N3S/c1-10-4-3-7-16(11(10)2)8-12-9-17-13(15-12)5-6-14/h9-11H,3-8,14H2,1-2H3. The summed E-state index contributed by atoms with van der Waals surface area (Å²) in [6.07, 6.45) is 3.61. The summed E-state index contributed by atoms with van der Waals surface area (Å²) < 4.78 is 0. The van der Waals surface area contributed by atoms with Gasteiger partial charge in [-0.05, 0) is 38.8 Å². The summed E-state index contributed by atoms with van der Waals surface area (Å²) in [5, 5.41) is 3.37. The zero-order valence-electron chi connectivity index (χ0n) is 10.9. The molecule has 4 heteroatoms. The lowest BCUT2D eigenvalue weighted by Crippen LogP contribution is -2.41. The largest absolute Gasteiger partial charge is 0.330 e. The van der Waals surface area contributed by atoms with E-state index in [4.69, 9.17) is 5.73 Å². The minimum absolute atomic E-state index is 0.684. The minimum Gasteiger partial charge on any atom is -0.330 e. The molecule has 1 aliphatic heterocycles. The number of nitrogens with two attached hydrogens (primary N) is 1. The molecule has 0 aromatic carbocycles. The van der Waals surface area contributed by atoms with Crippen molar-refractivity contribution >= 4 is 11.3 Å². The van der Waals surface area contributed by atoms with Crippen LogP contribution in [0.2, 0.25) is 0 Å². The second kappa shape index (κ2) is 5.94. The zero-order valence-corrected chi connectivity index (χ0v) is 11.7. The first-order valence-electron chi connectivity index (χ1n) is 6.58. The Morgan fingerprint density at radius 2 is 2.35 bits per heavy atom. The lowest BCUT2D eigenvalue weighted by Gasteiger charge is -2.37. The molecule has 0 aliphatic carbocycles. The number of hydrogen-bond donors (Lipinski definition) is 1. The third kappa shape index (κ3) is 3.27. The molecule has 2 heterocycles. The predicted octanol–water partition coefficient (Wildman–Crippen LogP) is 2.26. The number of likely N-dealkylation sites (tertiary alicyclic amines) is 1. The Labute approximate surface area is 108 Å². The summed E-state index contributed by atoms with van der Waals surface area (Å²) in [5.74, 6) is 0.811. The SMILES string of the molecule is CC1CCCN(Cc2csc(CCN)n2)C1C. The van der Waals surface area contributed by atoms with Gasteiger partial charge in [0, 0.05) is 24.4 Å². The van der Waals surface area contributed by atoms with E-state index in [2.05, 4.69) is 29.1 Å². The van der Waals surface area contributed by atoms with Crippen LogP contribution in [0.15, 0.2) is 5.38 Å². The molecule has 3 nitrogen and oxygen atoms in total. The fourth-order valence-corrected chi connectivity index (χ4v) is 3.32. The fourth-order valence-electron chi connectivity index (χ4n) is 2.51. The summed E-state index contributed by atoms with van der Waals surface area (Å²) in [5.41, 5.74) is 6.77. The Hall–Kier alpha value is -0.450. The lowest BCUT2D eigenvalue weighted by molar-refractivity contribution is 0.105.